The molecule has 0 aliphatic rings. The molecule has 0 atom stereocenters. The first-order valence-corrected chi connectivity index (χ1v) is 7.30. The van der Waals surface area contributed by atoms with Crippen molar-refractivity contribution in [3.05, 3.63) is 0 Å². The summed E-state index contributed by atoms with van der Waals surface area (Å²) >= 11 is 0. The van der Waals surface area contributed by atoms with E-state index in [4.69, 9.17) is 0 Å². The molecule has 0 amide bonds. The van der Waals surface area contributed by atoms with Gasteiger partial charge in [-0.25, -0.2) is 4.72 Å². The molecule has 98 valence electrons. The number of rotatable bonds is 7. The van der Waals surface area contributed by atoms with Crippen LogP contribution >= 0.6 is 0 Å². The topological polar surface area (TPSA) is 58.2 Å². The van der Waals surface area contributed by atoms with Gasteiger partial charge in [0.05, 0.1) is 0 Å². The van der Waals surface area contributed by atoms with Gasteiger partial charge in [-0.15, -0.1) is 0 Å². The van der Waals surface area contributed by atoms with Gasteiger partial charge in [0.1, 0.15) is 0 Å². The van der Waals surface area contributed by atoms with E-state index in [1.807, 2.05) is 34.6 Å². The van der Waals surface area contributed by atoms with Gasteiger partial charge in [0.2, 0.25) is 0 Å². The van der Waals surface area contributed by atoms with Crippen LogP contribution < -0.4 is 9.44 Å². The molecule has 16 heavy (non-hydrogen) atoms. The highest BCUT2D eigenvalue weighted by Gasteiger charge is 2.24. The standard InChI is InChI=1S/C11H26N2O2S/c1-7-10(3,4)9-12-16(14,15)13-11(5,6)8-2/h12-13H,7-9H2,1-6H3. The highest BCUT2D eigenvalue weighted by Crippen LogP contribution is 2.18. The second-order valence-corrected chi connectivity index (χ2v) is 7.18. The van der Waals surface area contributed by atoms with Gasteiger partial charge < -0.3 is 0 Å². The molecule has 0 saturated heterocycles. The lowest BCUT2D eigenvalue weighted by atomic mass is 9.91. The summed E-state index contributed by atoms with van der Waals surface area (Å²) in [6, 6.07) is 0. The first-order valence-electron chi connectivity index (χ1n) is 5.82. The quantitative estimate of drug-likeness (QED) is 0.726. The normalized spacial score (nSPS) is 14.1. The minimum Gasteiger partial charge on any atom is -0.202 e. The number of hydrogen-bond donors (Lipinski definition) is 2. The molecule has 0 radical (unpaired) electrons. The Balaban J connectivity index is 4.39. The molecule has 0 rings (SSSR count). The minimum atomic E-state index is -3.39. The Hall–Kier alpha value is -0.130. The van der Waals surface area contributed by atoms with E-state index in [1.54, 1.807) is 0 Å². The first-order chi connectivity index (χ1) is 7.04. The SMILES string of the molecule is CCC(C)(C)CNS(=O)(=O)NC(C)(C)CC. The molecular formula is C11H26N2O2S. The van der Waals surface area contributed by atoms with Crippen LogP contribution in [0.4, 0.5) is 0 Å². The van der Waals surface area contributed by atoms with Crippen LogP contribution in [-0.4, -0.2) is 20.5 Å². The van der Waals surface area contributed by atoms with Crippen LogP contribution in [0.5, 0.6) is 0 Å². The fraction of sp³-hybridized carbons (Fsp3) is 1.00. The van der Waals surface area contributed by atoms with E-state index < -0.39 is 15.7 Å². The highest BCUT2D eigenvalue weighted by molar-refractivity contribution is 7.87. The summed E-state index contributed by atoms with van der Waals surface area (Å²) in [5.41, 5.74) is -0.409. The molecule has 0 aliphatic heterocycles. The minimum absolute atomic E-state index is 0.00882. The van der Waals surface area contributed by atoms with Crippen molar-refractivity contribution in [1.29, 1.82) is 0 Å². The van der Waals surface area contributed by atoms with Crippen LogP contribution in [0, 0.1) is 5.41 Å². The largest absolute Gasteiger partial charge is 0.277 e. The molecule has 0 fully saturated rings. The lowest BCUT2D eigenvalue weighted by Gasteiger charge is -2.27. The maximum atomic E-state index is 11.7. The second-order valence-electron chi connectivity index (χ2n) is 5.68. The van der Waals surface area contributed by atoms with E-state index in [2.05, 4.69) is 16.4 Å². The summed E-state index contributed by atoms with van der Waals surface area (Å²) in [5.74, 6) is 0. The van der Waals surface area contributed by atoms with Gasteiger partial charge in [0.25, 0.3) is 10.2 Å². The van der Waals surface area contributed by atoms with E-state index in [0.29, 0.717) is 6.54 Å². The smallest absolute Gasteiger partial charge is 0.202 e. The number of hydrogen-bond acceptors (Lipinski definition) is 2. The van der Waals surface area contributed by atoms with Crippen LogP contribution in [-0.2, 0) is 10.2 Å². The van der Waals surface area contributed by atoms with Crippen molar-refractivity contribution in [2.45, 2.75) is 59.9 Å². The number of nitrogens with one attached hydrogen (secondary N) is 2. The predicted octanol–water partition coefficient (Wildman–Crippen LogP) is 2.04. The third kappa shape index (κ3) is 6.45. The van der Waals surface area contributed by atoms with Gasteiger partial charge in [-0.3, -0.25) is 0 Å². The highest BCUT2D eigenvalue weighted by atomic mass is 32.2. The van der Waals surface area contributed by atoms with E-state index in [-0.39, 0.29) is 5.41 Å². The van der Waals surface area contributed by atoms with Crippen molar-refractivity contribution in [1.82, 2.24) is 9.44 Å². The zero-order valence-corrected chi connectivity index (χ0v) is 12.2. The van der Waals surface area contributed by atoms with Crippen molar-refractivity contribution in [3.8, 4) is 0 Å². The summed E-state index contributed by atoms with van der Waals surface area (Å²) in [7, 11) is -3.39. The fourth-order valence-electron chi connectivity index (χ4n) is 0.887. The Kier molecular flexibility index (Phi) is 5.42. The molecule has 0 spiro atoms. The molecular weight excluding hydrogens is 224 g/mol. The van der Waals surface area contributed by atoms with Crippen molar-refractivity contribution >= 4 is 10.2 Å². The van der Waals surface area contributed by atoms with Gasteiger partial charge in [0, 0.05) is 12.1 Å². The fourth-order valence-corrected chi connectivity index (χ4v) is 2.41. The Morgan fingerprint density at radius 1 is 1.00 bits per heavy atom. The third-order valence-corrected chi connectivity index (χ3v) is 4.34. The molecule has 0 saturated carbocycles. The molecule has 0 heterocycles. The average molecular weight is 250 g/mol. The second kappa shape index (κ2) is 5.47. The van der Waals surface area contributed by atoms with Crippen LogP contribution in [0.25, 0.3) is 0 Å². The van der Waals surface area contributed by atoms with Gasteiger partial charge in [-0.2, -0.15) is 13.1 Å². The van der Waals surface area contributed by atoms with Crippen LogP contribution in [0.15, 0.2) is 0 Å². The Bertz CT molecular complexity index is 308. The van der Waals surface area contributed by atoms with Gasteiger partial charge in [-0.1, -0.05) is 27.7 Å². The summed E-state index contributed by atoms with van der Waals surface area (Å²) in [6.45, 7) is 12.3. The molecule has 0 aromatic heterocycles. The van der Waals surface area contributed by atoms with Gasteiger partial charge >= 0.3 is 0 Å². The summed E-state index contributed by atoms with van der Waals surface area (Å²) in [4.78, 5) is 0. The lowest BCUT2D eigenvalue weighted by Crippen LogP contribution is -2.50. The molecule has 0 aromatic carbocycles. The van der Waals surface area contributed by atoms with Gasteiger partial charge in [-0.05, 0) is 32.1 Å². The lowest BCUT2D eigenvalue weighted by molar-refractivity contribution is 0.346. The third-order valence-electron chi connectivity index (χ3n) is 2.99. The average Bonchev–Trinajstić information content (AvgIpc) is 2.14. The van der Waals surface area contributed by atoms with Gasteiger partial charge in [0.15, 0.2) is 0 Å². The van der Waals surface area contributed by atoms with E-state index in [0.717, 1.165) is 12.8 Å². The van der Waals surface area contributed by atoms with Crippen LogP contribution in [0.3, 0.4) is 0 Å². The van der Waals surface area contributed by atoms with E-state index in [9.17, 15) is 8.42 Å². The zero-order chi connectivity index (χ0) is 13.0. The molecule has 5 heteroatoms. The van der Waals surface area contributed by atoms with Crippen molar-refractivity contribution in [2.75, 3.05) is 6.54 Å². The molecule has 0 aliphatic carbocycles. The predicted molar refractivity (Wildman–Crippen MR) is 68.5 cm³/mol. The zero-order valence-electron chi connectivity index (χ0n) is 11.3. The molecule has 2 N–H and O–H groups in total. The van der Waals surface area contributed by atoms with Crippen molar-refractivity contribution in [3.63, 3.8) is 0 Å². The summed E-state index contributed by atoms with van der Waals surface area (Å²) in [6.07, 6.45) is 1.69. The van der Waals surface area contributed by atoms with Crippen molar-refractivity contribution in [2.24, 2.45) is 5.41 Å². The maximum absolute atomic E-state index is 11.7. The maximum Gasteiger partial charge on any atom is 0.277 e. The van der Waals surface area contributed by atoms with E-state index in [1.165, 1.54) is 0 Å². The Labute approximate surface area is 100 Å². The van der Waals surface area contributed by atoms with E-state index >= 15 is 0 Å². The summed E-state index contributed by atoms with van der Waals surface area (Å²) in [5, 5.41) is 0. The first kappa shape index (κ1) is 15.9. The molecule has 4 nitrogen and oxygen atoms in total. The molecule has 0 aromatic rings. The Morgan fingerprint density at radius 2 is 1.50 bits per heavy atom. The molecule has 0 bridgehead atoms. The van der Waals surface area contributed by atoms with Crippen molar-refractivity contribution < 1.29 is 8.42 Å². The van der Waals surface area contributed by atoms with Crippen LogP contribution in [0.2, 0.25) is 0 Å². The van der Waals surface area contributed by atoms with Crippen LogP contribution in [0.1, 0.15) is 54.4 Å². The Morgan fingerprint density at radius 3 is 1.88 bits per heavy atom. The molecule has 0 unspecified atom stereocenters. The monoisotopic (exact) mass is 250 g/mol. The summed E-state index contributed by atoms with van der Waals surface area (Å²) < 4.78 is 28.7.